The Bertz CT molecular complexity index is 846. The van der Waals surface area contributed by atoms with Gasteiger partial charge >= 0.3 is 12.1 Å². The van der Waals surface area contributed by atoms with Crippen LogP contribution < -0.4 is 10.5 Å². The molecule has 2 rings (SSSR count). The molecule has 0 aliphatic carbocycles. The smallest absolute Gasteiger partial charge is 0.433 e. The Kier molecular flexibility index (Phi) is 14.3. The van der Waals surface area contributed by atoms with Gasteiger partial charge in [-0.3, -0.25) is 9.59 Å². The predicted octanol–water partition coefficient (Wildman–Crippen LogP) is 4.58. The van der Waals surface area contributed by atoms with E-state index < -0.39 is 29.5 Å². The summed E-state index contributed by atoms with van der Waals surface area (Å²) in [4.78, 5) is 50.2. The van der Waals surface area contributed by atoms with E-state index in [1.807, 2.05) is 13.8 Å². The second kappa shape index (κ2) is 16.3. The number of nitrogens with zero attached hydrogens (tertiary/aromatic N) is 1. The van der Waals surface area contributed by atoms with E-state index in [1.165, 1.54) is 10.8 Å². The van der Waals surface area contributed by atoms with E-state index in [1.54, 1.807) is 24.3 Å². The fraction of sp³-hybridized carbons (Fsp3) is 0.583. The highest BCUT2D eigenvalue weighted by atomic mass is 33.1. The van der Waals surface area contributed by atoms with E-state index in [0.717, 1.165) is 6.42 Å². The number of hydrogen-bond donors (Lipinski definition) is 2. The van der Waals surface area contributed by atoms with Gasteiger partial charge in [-0.1, -0.05) is 24.6 Å². The maximum Gasteiger partial charge on any atom is 0.513 e. The third kappa shape index (κ3) is 13.6. The average Bonchev–Trinajstić information content (AvgIpc) is 3.11. The minimum absolute atomic E-state index is 0.103. The number of thiol groups is 1. The first kappa shape index (κ1) is 31.6. The molecule has 1 aromatic carbocycles. The summed E-state index contributed by atoms with van der Waals surface area (Å²) < 4.78 is 15.4. The quantitative estimate of drug-likeness (QED) is 0.0732. The molecular weight excluding hydrogens is 508 g/mol. The van der Waals surface area contributed by atoms with Crippen molar-refractivity contribution in [1.82, 2.24) is 5.06 Å². The molecule has 10 nitrogen and oxygen atoms in total. The van der Waals surface area contributed by atoms with Crippen LogP contribution in [0.2, 0.25) is 0 Å². The van der Waals surface area contributed by atoms with Crippen LogP contribution in [0.3, 0.4) is 0 Å². The molecule has 0 saturated carbocycles. The van der Waals surface area contributed by atoms with Gasteiger partial charge in [-0.15, -0.1) is 16.7 Å². The molecule has 12 heteroatoms. The number of nitrogen functional groups attached to an aromatic ring is 1. The van der Waals surface area contributed by atoms with Gasteiger partial charge in [-0.05, 0) is 56.9 Å². The van der Waals surface area contributed by atoms with Crippen LogP contribution in [-0.2, 0) is 28.7 Å². The fourth-order valence-electron chi connectivity index (χ4n) is 2.68. The van der Waals surface area contributed by atoms with Gasteiger partial charge < -0.3 is 24.8 Å². The molecule has 2 N–H and O–H groups in total. The van der Waals surface area contributed by atoms with Crippen molar-refractivity contribution in [2.45, 2.75) is 65.4 Å². The summed E-state index contributed by atoms with van der Waals surface area (Å²) in [6.07, 6.45) is 1.03. The topological polar surface area (TPSA) is 134 Å². The number of rotatable bonds is 12. The van der Waals surface area contributed by atoms with Crippen LogP contribution in [0.4, 0.5) is 10.5 Å². The molecule has 1 aliphatic heterocycles. The summed E-state index contributed by atoms with van der Waals surface area (Å²) in [5.74, 6) is 0.103. The van der Waals surface area contributed by atoms with Gasteiger partial charge in [-0.25, -0.2) is 9.59 Å². The zero-order chi connectivity index (χ0) is 27.1. The molecule has 0 radical (unpaired) electrons. The Morgan fingerprint density at radius 2 is 1.72 bits per heavy atom. The Morgan fingerprint density at radius 3 is 2.28 bits per heavy atom. The van der Waals surface area contributed by atoms with E-state index in [-0.39, 0.29) is 25.9 Å². The van der Waals surface area contributed by atoms with E-state index >= 15 is 0 Å². The molecular formula is C24H36N2O8S2. The SMILES string of the molecule is CC(C)CCOC(C)(C)CCC(=O)ON1C(=O)CCC1=O.Nc1ccc(OC(=O)OCCSS)cc1. The van der Waals surface area contributed by atoms with Gasteiger partial charge in [0.1, 0.15) is 12.4 Å². The number of imide groups is 1. The van der Waals surface area contributed by atoms with Crippen molar-refractivity contribution in [3.05, 3.63) is 24.3 Å². The maximum absolute atomic E-state index is 11.7. The van der Waals surface area contributed by atoms with Crippen LogP contribution in [0.25, 0.3) is 0 Å². The third-order valence-corrected chi connectivity index (χ3v) is 5.69. The van der Waals surface area contributed by atoms with Crippen molar-refractivity contribution in [2.75, 3.05) is 24.7 Å². The summed E-state index contributed by atoms with van der Waals surface area (Å²) in [5, 5.41) is 0.578. The molecule has 202 valence electrons. The Balaban J connectivity index is 0.000000381. The number of nitrogens with two attached hydrogens (primary N) is 1. The lowest BCUT2D eigenvalue weighted by atomic mass is 10.0. The summed E-state index contributed by atoms with van der Waals surface area (Å²) in [5.41, 5.74) is 5.65. The van der Waals surface area contributed by atoms with Crippen LogP contribution in [0.15, 0.2) is 24.3 Å². The molecule has 0 aromatic heterocycles. The molecule has 1 aromatic rings. The van der Waals surface area contributed by atoms with Crippen LogP contribution in [-0.4, -0.2) is 53.6 Å². The second-order valence-corrected chi connectivity index (χ2v) is 10.4. The van der Waals surface area contributed by atoms with Crippen molar-refractivity contribution in [3.63, 3.8) is 0 Å². The van der Waals surface area contributed by atoms with Crippen LogP contribution >= 0.6 is 22.5 Å². The lowest BCUT2D eigenvalue weighted by Crippen LogP contribution is -2.33. The van der Waals surface area contributed by atoms with Crippen molar-refractivity contribution in [1.29, 1.82) is 0 Å². The highest BCUT2D eigenvalue weighted by Crippen LogP contribution is 2.20. The first-order valence-corrected chi connectivity index (χ1v) is 13.6. The number of benzene rings is 1. The molecule has 1 heterocycles. The van der Waals surface area contributed by atoms with Gasteiger partial charge in [0.15, 0.2) is 0 Å². The van der Waals surface area contributed by atoms with E-state index in [9.17, 15) is 19.2 Å². The van der Waals surface area contributed by atoms with E-state index in [0.29, 0.717) is 41.2 Å². The average molecular weight is 545 g/mol. The van der Waals surface area contributed by atoms with Gasteiger partial charge in [-0.2, -0.15) is 0 Å². The summed E-state index contributed by atoms with van der Waals surface area (Å²) in [6, 6.07) is 6.49. The Morgan fingerprint density at radius 1 is 1.11 bits per heavy atom. The standard InChI is InChI=1S/C15H25NO5.C9H11NO3S2/c1-11(2)8-10-20-15(3,4)9-7-14(19)21-16-12(17)5-6-13(16)18;10-7-1-3-8(4-2-7)13-9(11)12-5-6-15-14/h11H,5-10H2,1-4H3;1-4,14H,5-6,10H2. The minimum atomic E-state index is -0.720. The third-order valence-electron chi connectivity index (χ3n) is 4.79. The number of carbonyl (C=O) groups excluding carboxylic acids is 4. The number of carbonyl (C=O) groups is 4. The molecule has 0 bridgehead atoms. The highest BCUT2D eigenvalue weighted by Gasteiger charge is 2.33. The molecule has 0 spiro atoms. The van der Waals surface area contributed by atoms with Crippen LogP contribution in [0.5, 0.6) is 5.75 Å². The van der Waals surface area contributed by atoms with E-state index in [4.69, 9.17) is 24.8 Å². The summed E-state index contributed by atoms with van der Waals surface area (Å²) >= 11 is 3.90. The number of hydroxylamine groups is 2. The zero-order valence-electron chi connectivity index (χ0n) is 21.2. The molecule has 1 saturated heterocycles. The molecule has 36 heavy (non-hydrogen) atoms. The first-order chi connectivity index (χ1) is 16.9. The summed E-state index contributed by atoms with van der Waals surface area (Å²) in [6.45, 7) is 8.99. The Hall–Kier alpha value is -2.44. The van der Waals surface area contributed by atoms with Gasteiger partial charge in [0.05, 0.1) is 12.0 Å². The zero-order valence-corrected chi connectivity index (χ0v) is 22.9. The Labute approximate surface area is 221 Å². The predicted molar refractivity (Wildman–Crippen MR) is 140 cm³/mol. The fourth-order valence-corrected chi connectivity index (χ4v) is 3.06. The van der Waals surface area contributed by atoms with Crippen LogP contribution in [0, 0.1) is 5.92 Å². The summed E-state index contributed by atoms with van der Waals surface area (Å²) in [7, 11) is 1.30. The maximum atomic E-state index is 11.7. The largest absolute Gasteiger partial charge is 0.513 e. The number of hydrogen-bond acceptors (Lipinski definition) is 11. The van der Waals surface area contributed by atoms with Gasteiger partial charge in [0, 0.05) is 30.9 Å². The van der Waals surface area contributed by atoms with Gasteiger partial charge in [0.2, 0.25) is 0 Å². The number of amides is 2. The minimum Gasteiger partial charge on any atom is -0.433 e. The number of anilines is 1. The first-order valence-electron chi connectivity index (χ1n) is 11.6. The van der Waals surface area contributed by atoms with Crippen LogP contribution in [0.1, 0.15) is 59.8 Å². The van der Waals surface area contributed by atoms with Crippen molar-refractivity contribution >= 4 is 52.1 Å². The van der Waals surface area contributed by atoms with Crippen molar-refractivity contribution in [2.24, 2.45) is 5.92 Å². The molecule has 1 fully saturated rings. The second-order valence-electron chi connectivity index (χ2n) is 8.94. The van der Waals surface area contributed by atoms with Crippen molar-refractivity contribution in [3.8, 4) is 5.75 Å². The van der Waals surface area contributed by atoms with Crippen molar-refractivity contribution < 1.29 is 38.2 Å². The lowest BCUT2D eigenvalue weighted by Gasteiger charge is -2.25. The van der Waals surface area contributed by atoms with Gasteiger partial charge in [0.25, 0.3) is 11.8 Å². The lowest BCUT2D eigenvalue weighted by molar-refractivity contribution is -0.198. The van der Waals surface area contributed by atoms with E-state index in [2.05, 4.69) is 25.5 Å². The molecule has 1 aliphatic rings. The highest BCUT2D eigenvalue weighted by molar-refractivity contribution is 8.68. The normalized spacial score (nSPS) is 13.3. The molecule has 2 amide bonds. The molecule has 0 unspecified atom stereocenters. The number of ether oxygens (including phenoxy) is 3. The molecule has 0 atom stereocenters. The monoisotopic (exact) mass is 544 g/mol.